The number of aromatic nitrogens is 1. The second kappa shape index (κ2) is 6.42. The first-order valence-corrected chi connectivity index (χ1v) is 8.69. The topological polar surface area (TPSA) is 93.6 Å². The highest BCUT2D eigenvalue weighted by Crippen LogP contribution is 2.59. The third-order valence-electron chi connectivity index (χ3n) is 5.39. The quantitative estimate of drug-likeness (QED) is 0.363. The maximum absolute atomic E-state index is 13.0. The Kier molecular flexibility index (Phi) is 4.60. The number of aliphatic hydroxyl groups is 1. The van der Waals surface area contributed by atoms with Crippen molar-refractivity contribution in [2.24, 2.45) is 17.3 Å². The van der Waals surface area contributed by atoms with Crippen LogP contribution in [0.4, 0.5) is 13.2 Å². The van der Waals surface area contributed by atoms with E-state index in [1.165, 1.54) is 13.8 Å². The Morgan fingerprint density at radius 2 is 2.00 bits per heavy atom. The van der Waals surface area contributed by atoms with Gasteiger partial charge >= 0.3 is 12.1 Å². The van der Waals surface area contributed by atoms with E-state index in [9.17, 15) is 32.7 Å². The summed E-state index contributed by atoms with van der Waals surface area (Å²) in [5.41, 5.74) is -3.85. The number of aryl methyl sites for hydroxylation is 1. The number of fused-ring (bicyclic) bond motifs is 1. The third kappa shape index (κ3) is 2.89. The van der Waals surface area contributed by atoms with Gasteiger partial charge in [0.15, 0.2) is 5.78 Å². The van der Waals surface area contributed by atoms with E-state index in [0.29, 0.717) is 12.5 Å². The minimum absolute atomic E-state index is 0.0417. The van der Waals surface area contributed by atoms with E-state index in [1.807, 2.05) is 0 Å². The molecular formula is C19H18F3NO5. The number of carbonyl (C=O) groups excluding carboxylic acids is 3. The summed E-state index contributed by atoms with van der Waals surface area (Å²) in [6.45, 7) is 4.20. The van der Waals surface area contributed by atoms with Crippen molar-refractivity contribution in [3.05, 3.63) is 40.4 Å². The summed E-state index contributed by atoms with van der Waals surface area (Å²) in [6, 6.07) is 1.55. The van der Waals surface area contributed by atoms with Crippen LogP contribution in [0.25, 0.3) is 0 Å². The molecule has 1 saturated carbocycles. The number of ether oxygens (including phenoxy) is 1. The number of Topliss-reactive ketones (excluding diaryl/α,β-unsaturated/α-hetero) is 2. The van der Waals surface area contributed by atoms with Crippen LogP contribution in [0.15, 0.2) is 23.5 Å². The predicted molar refractivity (Wildman–Crippen MR) is 89.3 cm³/mol. The van der Waals surface area contributed by atoms with Crippen molar-refractivity contribution in [2.45, 2.75) is 33.4 Å². The van der Waals surface area contributed by atoms with Crippen LogP contribution in [0.1, 0.15) is 42.0 Å². The number of nitrogens with zero attached hydrogens (tertiary/aromatic N) is 1. The van der Waals surface area contributed by atoms with Crippen molar-refractivity contribution in [1.82, 2.24) is 4.98 Å². The first-order chi connectivity index (χ1) is 12.9. The normalized spacial score (nSPS) is 26.7. The molecule has 0 spiro atoms. The van der Waals surface area contributed by atoms with E-state index in [4.69, 9.17) is 4.74 Å². The summed E-state index contributed by atoms with van der Waals surface area (Å²) < 4.78 is 43.4. The van der Waals surface area contributed by atoms with Crippen LogP contribution >= 0.6 is 0 Å². The molecule has 0 aromatic carbocycles. The lowest BCUT2D eigenvalue weighted by Crippen LogP contribution is -2.45. The molecule has 1 N–H and O–H groups in total. The summed E-state index contributed by atoms with van der Waals surface area (Å²) in [7, 11) is 0. The Morgan fingerprint density at radius 1 is 1.36 bits per heavy atom. The van der Waals surface area contributed by atoms with E-state index in [1.54, 1.807) is 6.92 Å². The van der Waals surface area contributed by atoms with Gasteiger partial charge in [-0.05, 0) is 45.2 Å². The van der Waals surface area contributed by atoms with Gasteiger partial charge < -0.3 is 9.84 Å². The smallest absolute Gasteiger partial charge is 0.433 e. The maximum Gasteiger partial charge on any atom is 0.433 e. The van der Waals surface area contributed by atoms with Gasteiger partial charge in [0, 0.05) is 17.2 Å². The zero-order valence-corrected chi connectivity index (χ0v) is 15.4. The standard InChI is InChI=1S/C19H18F3NO5/c1-4-28-17(27)18(3)11-7-10(11)15(25)13(16(18)26)14(24)9-5-6-12(19(20,21)22)23-8(9)2/h5-6,10-11,25H,4,7H2,1-3H3/t10-,11-,18?/m1/s1. The van der Waals surface area contributed by atoms with Crippen molar-refractivity contribution >= 4 is 17.5 Å². The summed E-state index contributed by atoms with van der Waals surface area (Å²) in [5, 5.41) is 10.4. The molecule has 1 aromatic rings. The van der Waals surface area contributed by atoms with E-state index in [2.05, 4.69) is 4.98 Å². The predicted octanol–water partition coefficient (Wildman–Crippen LogP) is 3.19. The fraction of sp³-hybridized carbons (Fsp3) is 0.474. The van der Waals surface area contributed by atoms with E-state index in [0.717, 1.165) is 6.07 Å². The van der Waals surface area contributed by atoms with E-state index in [-0.39, 0.29) is 17.9 Å². The highest BCUT2D eigenvalue weighted by Gasteiger charge is 2.66. The third-order valence-corrected chi connectivity index (χ3v) is 5.39. The Bertz CT molecular complexity index is 921. The van der Waals surface area contributed by atoms with Crippen LogP contribution in [0.5, 0.6) is 0 Å². The average molecular weight is 397 g/mol. The molecular weight excluding hydrogens is 379 g/mol. The molecule has 6 nitrogen and oxygen atoms in total. The average Bonchev–Trinajstić information content (AvgIpc) is 3.40. The lowest BCUT2D eigenvalue weighted by atomic mass is 9.71. The lowest BCUT2D eigenvalue weighted by Gasteiger charge is -2.30. The fourth-order valence-corrected chi connectivity index (χ4v) is 3.70. The minimum Gasteiger partial charge on any atom is -0.511 e. The van der Waals surface area contributed by atoms with Crippen LogP contribution in [-0.4, -0.2) is 34.2 Å². The van der Waals surface area contributed by atoms with Crippen LogP contribution in [0.2, 0.25) is 0 Å². The van der Waals surface area contributed by atoms with Crippen molar-refractivity contribution in [3.8, 4) is 0 Å². The van der Waals surface area contributed by atoms with Crippen molar-refractivity contribution in [2.75, 3.05) is 6.61 Å². The summed E-state index contributed by atoms with van der Waals surface area (Å²) in [6.07, 6.45) is -4.34. The first-order valence-electron chi connectivity index (χ1n) is 8.69. The van der Waals surface area contributed by atoms with Gasteiger partial charge in [-0.3, -0.25) is 14.4 Å². The number of ketones is 2. The number of esters is 1. The number of hydrogen-bond acceptors (Lipinski definition) is 6. The summed E-state index contributed by atoms with van der Waals surface area (Å²) >= 11 is 0. The molecule has 150 valence electrons. The van der Waals surface area contributed by atoms with Crippen molar-refractivity contribution in [1.29, 1.82) is 0 Å². The molecule has 0 saturated heterocycles. The molecule has 3 atom stereocenters. The Hall–Kier alpha value is -2.71. The molecule has 0 aliphatic heterocycles. The second-order valence-corrected chi connectivity index (χ2v) is 7.12. The number of aliphatic hydroxyl groups excluding tert-OH is 1. The molecule has 1 unspecified atom stereocenters. The number of carbonyl (C=O) groups is 3. The molecule has 1 fully saturated rings. The molecule has 0 bridgehead atoms. The number of hydrogen-bond donors (Lipinski definition) is 1. The molecule has 2 aliphatic carbocycles. The van der Waals surface area contributed by atoms with Gasteiger partial charge in [0.25, 0.3) is 0 Å². The summed E-state index contributed by atoms with van der Waals surface area (Å²) in [4.78, 5) is 41.7. The van der Waals surface area contributed by atoms with Crippen LogP contribution in [0.3, 0.4) is 0 Å². The SMILES string of the molecule is CCOC(=O)C1(C)C(=O)C(C(=O)c2ccc(C(F)(F)F)nc2C)=C(O)[C@@H]2C[C@H]21. The Balaban J connectivity index is 2.03. The molecule has 0 radical (unpaired) electrons. The van der Waals surface area contributed by atoms with Crippen LogP contribution in [0, 0.1) is 24.2 Å². The molecule has 2 aliphatic rings. The lowest BCUT2D eigenvalue weighted by molar-refractivity contribution is -0.160. The fourth-order valence-electron chi connectivity index (χ4n) is 3.70. The zero-order chi connectivity index (χ0) is 21.0. The number of rotatable bonds is 4. The van der Waals surface area contributed by atoms with Gasteiger partial charge in [-0.15, -0.1) is 0 Å². The molecule has 9 heteroatoms. The first kappa shape index (κ1) is 20.0. The van der Waals surface area contributed by atoms with E-state index < -0.39 is 58.0 Å². The van der Waals surface area contributed by atoms with Crippen molar-refractivity contribution < 1.29 is 37.4 Å². The molecule has 28 heavy (non-hydrogen) atoms. The van der Waals surface area contributed by atoms with Gasteiger partial charge in [0.2, 0.25) is 5.78 Å². The van der Waals surface area contributed by atoms with E-state index >= 15 is 0 Å². The largest absolute Gasteiger partial charge is 0.511 e. The molecule has 3 rings (SSSR count). The van der Waals surface area contributed by atoms with Crippen LogP contribution in [-0.2, 0) is 20.5 Å². The number of pyridine rings is 1. The number of halogens is 3. The number of alkyl halides is 3. The highest BCUT2D eigenvalue weighted by atomic mass is 19.4. The van der Waals surface area contributed by atoms with Gasteiger partial charge in [0.1, 0.15) is 22.4 Å². The number of allylic oxidation sites excluding steroid dienone is 2. The Labute approximate surface area is 158 Å². The Morgan fingerprint density at radius 3 is 2.54 bits per heavy atom. The van der Waals surface area contributed by atoms with Gasteiger partial charge in [-0.25, -0.2) is 4.98 Å². The molecule has 0 amide bonds. The molecule has 1 heterocycles. The minimum atomic E-state index is -4.68. The highest BCUT2D eigenvalue weighted by molar-refractivity contribution is 6.32. The van der Waals surface area contributed by atoms with Crippen molar-refractivity contribution in [3.63, 3.8) is 0 Å². The second-order valence-electron chi connectivity index (χ2n) is 7.12. The van der Waals surface area contributed by atoms with Gasteiger partial charge in [0.05, 0.1) is 6.61 Å². The van der Waals surface area contributed by atoms with Crippen LogP contribution < -0.4 is 0 Å². The summed E-state index contributed by atoms with van der Waals surface area (Å²) in [5.74, 6) is -4.06. The zero-order valence-electron chi connectivity index (χ0n) is 15.4. The van der Waals surface area contributed by atoms with Gasteiger partial charge in [-0.1, -0.05) is 0 Å². The molecule has 1 aromatic heterocycles. The van der Waals surface area contributed by atoms with Gasteiger partial charge in [-0.2, -0.15) is 13.2 Å². The maximum atomic E-state index is 13.0. The monoisotopic (exact) mass is 397 g/mol.